The lowest BCUT2D eigenvalue weighted by Crippen LogP contribution is -1.97. The van der Waals surface area contributed by atoms with Gasteiger partial charge in [-0.05, 0) is 18.2 Å². The molecule has 0 saturated carbocycles. The lowest BCUT2D eigenvalue weighted by atomic mass is 10.0. The molecule has 0 N–H and O–H groups in total. The molecule has 0 aromatic heterocycles. The van der Waals surface area contributed by atoms with E-state index in [1.807, 2.05) is 0 Å². The minimum atomic E-state index is -1.56. The molecule has 2 aromatic carbocycles. The molecule has 0 aliphatic heterocycles. The second kappa shape index (κ2) is 4.16. The molecule has 0 bridgehead atoms. The first-order valence-electron chi connectivity index (χ1n) is 4.51. The number of hydrogen-bond acceptors (Lipinski definition) is 0. The molecule has 0 spiro atoms. The zero-order chi connectivity index (χ0) is 12.6. The van der Waals surface area contributed by atoms with Crippen molar-refractivity contribution < 1.29 is 22.0 Å². The Bertz CT molecular complexity index is 577. The van der Waals surface area contributed by atoms with Crippen molar-refractivity contribution in [2.45, 2.75) is 0 Å². The molecule has 1 radical (unpaired) electrons. The lowest BCUT2D eigenvalue weighted by Gasteiger charge is -2.06. The summed E-state index contributed by atoms with van der Waals surface area (Å²) in [5.74, 6) is -6.22. The highest BCUT2D eigenvalue weighted by atomic mass is 19.2. The monoisotopic (exact) mass is 243 g/mol. The van der Waals surface area contributed by atoms with Crippen LogP contribution in [0.1, 0.15) is 0 Å². The third kappa shape index (κ3) is 2.00. The van der Waals surface area contributed by atoms with Gasteiger partial charge < -0.3 is 0 Å². The van der Waals surface area contributed by atoms with E-state index >= 15 is 0 Å². The van der Waals surface area contributed by atoms with Crippen molar-refractivity contribution in [1.82, 2.24) is 0 Å². The Kier molecular flexibility index (Phi) is 2.83. The molecule has 2 rings (SSSR count). The minimum absolute atomic E-state index is 0.461. The normalized spacial score (nSPS) is 10.6. The third-order valence-electron chi connectivity index (χ3n) is 2.18. The molecule has 0 atom stereocenters. The zero-order valence-corrected chi connectivity index (χ0v) is 8.20. The molecular weight excluding hydrogens is 239 g/mol. The fourth-order valence-corrected chi connectivity index (χ4v) is 1.42. The predicted molar refractivity (Wildman–Crippen MR) is 50.5 cm³/mol. The Morgan fingerprint density at radius 3 is 2.24 bits per heavy atom. The molecule has 0 heterocycles. The van der Waals surface area contributed by atoms with Crippen LogP contribution in [0.4, 0.5) is 22.0 Å². The Balaban J connectivity index is 2.72. The summed E-state index contributed by atoms with van der Waals surface area (Å²) in [7, 11) is 0. The van der Waals surface area contributed by atoms with E-state index in [1.54, 1.807) is 6.07 Å². The summed E-state index contributed by atoms with van der Waals surface area (Å²) < 4.78 is 65.4. The van der Waals surface area contributed by atoms with Crippen LogP contribution in [-0.2, 0) is 0 Å². The Morgan fingerprint density at radius 2 is 1.59 bits per heavy atom. The minimum Gasteiger partial charge on any atom is -0.207 e. The van der Waals surface area contributed by atoms with Gasteiger partial charge in [-0.3, -0.25) is 0 Å². The molecular formula is C12H4F5. The number of hydrogen-bond donors (Lipinski definition) is 0. The van der Waals surface area contributed by atoms with Gasteiger partial charge in [-0.15, -0.1) is 0 Å². The molecule has 0 unspecified atom stereocenters. The topological polar surface area (TPSA) is 0 Å². The largest absolute Gasteiger partial charge is 0.207 e. The van der Waals surface area contributed by atoms with Gasteiger partial charge in [0, 0.05) is 17.7 Å². The van der Waals surface area contributed by atoms with Gasteiger partial charge in [0.25, 0.3) is 0 Å². The number of halogens is 5. The molecule has 17 heavy (non-hydrogen) atoms. The van der Waals surface area contributed by atoms with E-state index in [0.29, 0.717) is 12.1 Å². The van der Waals surface area contributed by atoms with Gasteiger partial charge in [0.1, 0.15) is 17.5 Å². The van der Waals surface area contributed by atoms with Crippen molar-refractivity contribution in [3.05, 3.63) is 59.4 Å². The van der Waals surface area contributed by atoms with Gasteiger partial charge in [-0.25, -0.2) is 22.0 Å². The van der Waals surface area contributed by atoms with Gasteiger partial charge in [0.2, 0.25) is 0 Å². The summed E-state index contributed by atoms with van der Waals surface area (Å²) in [4.78, 5) is 0. The van der Waals surface area contributed by atoms with Crippen LogP contribution in [0.25, 0.3) is 11.1 Å². The summed E-state index contributed by atoms with van der Waals surface area (Å²) in [5.41, 5.74) is -1.42. The Hall–Kier alpha value is -1.91. The van der Waals surface area contributed by atoms with Crippen LogP contribution in [-0.4, -0.2) is 0 Å². The van der Waals surface area contributed by atoms with Gasteiger partial charge in [-0.2, -0.15) is 0 Å². The highest BCUT2D eigenvalue weighted by molar-refractivity contribution is 5.65. The van der Waals surface area contributed by atoms with E-state index in [-0.39, 0.29) is 0 Å². The first kappa shape index (κ1) is 11.6. The molecule has 0 amide bonds. The maximum Gasteiger partial charge on any atom is 0.170 e. The van der Waals surface area contributed by atoms with Gasteiger partial charge in [0.05, 0.1) is 5.56 Å². The van der Waals surface area contributed by atoms with Crippen LogP contribution in [0.2, 0.25) is 0 Å². The van der Waals surface area contributed by atoms with E-state index in [1.165, 1.54) is 0 Å². The predicted octanol–water partition coefficient (Wildman–Crippen LogP) is 3.85. The second-order valence-corrected chi connectivity index (χ2v) is 3.26. The third-order valence-corrected chi connectivity index (χ3v) is 2.18. The Morgan fingerprint density at radius 1 is 0.882 bits per heavy atom. The standard InChI is InChI=1S/C12H4F5/c13-6-1-2-7(10(16)5-6)11-8(14)3-4-9(15)12(11)17/h1-3,5H. The summed E-state index contributed by atoms with van der Waals surface area (Å²) in [6.07, 6.45) is 0. The van der Waals surface area contributed by atoms with E-state index < -0.39 is 40.2 Å². The summed E-state index contributed by atoms with van der Waals surface area (Å²) in [5, 5.41) is 0. The van der Waals surface area contributed by atoms with Gasteiger partial charge >= 0.3 is 0 Å². The molecule has 0 aliphatic rings. The van der Waals surface area contributed by atoms with Crippen molar-refractivity contribution in [2.75, 3.05) is 0 Å². The van der Waals surface area contributed by atoms with Crippen LogP contribution >= 0.6 is 0 Å². The fraction of sp³-hybridized carbons (Fsp3) is 0. The summed E-state index contributed by atoms with van der Waals surface area (Å²) in [6, 6.07) is 4.37. The highest BCUT2D eigenvalue weighted by Crippen LogP contribution is 2.29. The molecule has 2 aromatic rings. The highest BCUT2D eigenvalue weighted by Gasteiger charge is 2.19. The van der Waals surface area contributed by atoms with Gasteiger partial charge in [-0.1, -0.05) is 0 Å². The van der Waals surface area contributed by atoms with Crippen LogP contribution in [0.15, 0.2) is 24.3 Å². The average Bonchev–Trinajstić information content (AvgIpc) is 2.27. The maximum absolute atomic E-state index is 13.3. The number of rotatable bonds is 1. The molecule has 0 nitrogen and oxygen atoms in total. The molecule has 87 valence electrons. The SMILES string of the molecule is Fc1ccc(-c2c(F)c[c]c(F)c2F)c(F)c1. The summed E-state index contributed by atoms with van der Waals surface area (Å²) >= 11 is 0. The number of benzene rings is 2. The first-order chi connectivity index (χ1) is 8.00. The van der Waals surface area contributed by atoms with Crippen LogP contribution in [0.3, 0.4) is 0 Å². The van der Waals surface area contributed by atoms with E-state index in [2.05, 4.69) is 0 Å². The molecule has 0 fully saturated rings. The van der Waals surface area contributed by atoms with Crippen LogP contribution in [0, 0.1) is 35.2 Å². The first-order valence-corrected chi connectivity index (χ1v) is 4.51. The van der Waals surface area contributed by atoms with Crippen molar-refractivity contribution in [2.24, 2.45) is 0 Å². The maximum atomic E-state index is 13.3. The second-order valence-electron chi connectivity index (χ2n) is 3.26. The van der Waals surface area contributed by atoms with Crippen molar-refractivity contribution in [3.8, 4) is 11.1 Å². The van der Waals surface area contributed by atoms with Gasteiger partial charge in [0.15, 0.2) is 11.6 Å². The molecule has 0 saturated heterocycles. The molecule has 0 aliphatic carbocycles. The van der Waals surface area contributed by atoms with Crippen molar-refractivity contribution >= 4 is 0 Å². The fourth-order valence-electron chi connectivity index (χ4n) is 1.42. The summed E-state index contributed by atoms with van der Waals surface area (Å²) in [6.45, 7) is 0. The smallest absolute Gasteiger partial charge is 0.170 e. The van der Waals surface area contributed by atoms with E-state index in [0.717, 1.165) is 12.1 Å². The van der Waals surface area contributed by atoms with E-state index in [4.69, 9.17) is 0 Å². The lowest BCUT2D eigenvalue weighted by molar-refractivity contribution is 0.495. The van der Waals surface area contributed by atoms with Crippen molar-refractivity contribution in [1.29, 1.82) is 0 Å². The van der Waals surface area contributed by atoms with Crippen LogP contribution in [0.5, 0.6) is 0 Å². The van der Waals surface area contributed by atoms with E-state index in [9.17, 15) is 22.0 Å². The molecule has 5 heteroatoms. The Labute approximate surface area is 93.3 Å². The van der Waals surface area contributed by atoms with Crippen LogP contribution < -0.4 is 0 Å². The average molecular weight is 243 g/mol. The quantitative estimate of drug-likeness (QED) is 0.527. The van der Waals surface area contributed by atoms with Crippen molar-refractivity contribution in [3.63, 3.8) is 0 Å². The zero-order valence-electron chi connectivity index (χ0n) is 8.20.